The number of hydrogen-bond donors (Lipinski definition) is 2. The predicted octanol–water partition coefficient (Wildman–Crippen LogP) is 6.35. The molecule has 7 nitrogen and oxygen atoms in total. The molecule has 7 heteroatoms. The zero-order valence-electron chi connectivity index (χ0n) is 20.9. The van der Waals surface area contributed by atoms with E-state index in [2.05, 4.69) is 17.6 Å². The fourth-order valence-electron chi connectivity index (χ4n) is 3.63. The second-order valence-corrected chi connectivity index (χ2v) is 8.56. The third-order valence-corrected chi connectivity index (χ3v) is 5.60. The average molecular weight is 483 g/mol. The Kier molecular flexibility index (Phi) is 13.0. The van der Waals surface area contributed by atoms with Crippen LogP contribution in [-0.2, 0) is 14.3 Å². The Morgan fingerprint density at radius 3 is 2.03 bits per heavy atom. The molecule has 0 fully saturated rings. The third kappa shape index (κ3) is 11.6. The lowest BCUT2D eigenvalue weighted by Crippen LogP contribution is -2.21. The molecular formula is C28H38N2O5. The number of methoxy groups -OCH3 is 1. The van der Waals surface area contributed by atoms with Crippen LogP contribution in [0.15, 0.2) is 48.5 Å². The Hall–Kier alpha value is -3.35. The lowest BCUT2D eigenvalue weighted by atomic mass is 10.1. The Morgan fingerprint density at radius 1 is 0.743 bits per heavy atom. The highest BCUT2D eigenvalue weighted by Crippen LogP contribution is 2.16. The Labute approximate surface area is 208 Å². The summed E-state index contributed by atoms with van der Waals surface area (Å²) in [4.78, 5) is 36.7. The lowest BCUT2D eigenvalue weighted by Gasteiger charge is -2.09. The predicted molar refractivity (Wildman–Crippen MR) is 139 cm³/mol. The number of benzene rings is 2. The van der Waals surface area contributed by atoms with Crippen molar-refractivity contribution in [2.45, 2.75) is 71.1 Å². The zero-order valence-corrected chi connectivity index (χ0v) is 20.9. The summed E-state index contributed by atoms with van der Waals surface area (Å²) in [6, 6.07) is 13.4. The number of hydrogen-bond acceptors (Lipinski definition) is 5. The number of carbonyl (C=O) groups is 3. The molecule has 190 valence electrons. The van der Waals surface area contributed by atoms with Gasteiger partial charge in [-0.15, -0.1) is 0 Å². The standard InChI is InChI=1S/C28H38N2O5/c1-3-4-5-6-7-8-9-10-11-15-26(31)30-24-14-12-13-22(20-24)28(33)35-21-27(32)29-23-16-18-25(34-2)19-17-23/h12-14,16-20H,3-11,15,21H2,1-2H3,(H,29,32)(H,30,31). The zero-order chi connectivity index (χ0) is 25.3. The van der Waals surface area contributed by atoms with E-state index in [0.29, 0.717) is 23.5 Å². The van der Waals surface area contributed by atoms with Crippen molar-refractivity contribution in [1.29, 1.82) is 0 Å². The summed E-state index contributed by atoms with van der Waals surface area (Å²) in [7, 11) is 1.56. The summed E-state index contributed by atoms with van der Waals surface area (Å²) in [6.07, 6.45) is 11.2. The average Bonchev–Trinajstić information content (AvgIpc) is 2.87. The van der Waals surface area contributed by atoms with Crippen molar-refractivity contribution in [3.05, 3.63) is 54.1 Å². The first-order valence-corrected chi connectivity index (χ1v) is 12.5. The third-order valence-electron chi connectivity index (χ3n) is 5.60. The summed E-state index contributed by atoms with van der Waals surface area (Å²) in [6.45, 7) is 1.81. The van der Waals surface area contributed by atoms with Crippen LogP contribution < -0.4 is 15.4 Å². The van der Waals surface area contributed by atoms with E-state index in [-0.39, 0.29) is 11.5 Å². The maximum atomic E-state index is 12.3. The van der Waals surface area contributed by atoms with Gasteiger partial charge in [0.05, 0.1) is 12.7 Å². The summed E-state index contributed by atoms with van der Waals surface area (Å²) in [5.74, 6) is -0.481. The molecule has 2 N–H and O–H groups in total. The molecular weight excluding hydrogens is 444 g/mol. The largest absolute Gasteiger partial charge is 0.497 e. The highest BCUT2D eigenvalue weighted by molar-refractivity contribution is 5.97. The Balaban J connectivity index is 1.67. The van der Waals surface area contributed by atoms with Crippen LogP contribution in [0.1, 0.15) is 81.5 Å². The van der Waals surface area contributed by atoms with Crippen molar-refractivity contribution in [1.82, 2.24) is 0 Å². The number of amides is 2. The fourth-order valence-corrected chi connectivity index (χ4v) is 3.63. The number of unbranched alkanes of at least 4 members (excludes halogenated alkanes) is 8. The van der Waals surface area contributed by atoms with Crippen molar-refractivity contribution in [2.75, 3.05) is 24.4 Å². The summed E-state index contributed by atoms with van der Waals surface area (Å²) < 4.78 is 10.2. The second kappa shape index (κ2) is 16.3. The number of anilines is 2. The number of carbonyl (C=O) groups excluding carboxylic acids is 3. The van der Waals surface area contributed by atoms with Gasteiger partial charge in [0.1, 0.15) is 5.75 Å². The maximum absolute atomic E-state index is 12.3. The minimum absolute atomic E-state index is 0.0719. The van der Waals surface area contributed by atoms with E-state index < -0.39 is 18.5 Å². The van der Waals surface area contributed by atoms with Crippen LogP contribution in [0.25, 0.3) is 0 Å². The Bertz CT molecular complexity index is 927. The number of nitrogens with one attached hydrogen (secondary N) is 2. The summed E-state index contributed by atoms with van der Waals surface area (Å²) >= 11 is 0. The molecule has 35 heavy (non-hydrogen) atoms. The summed E-state index contributed by atoms with van der Waals surface area (Å²) in [5.41, 5.74) is 1.37. The normalized spacial score (nSPS) is 10.5. The van der Waals surface area contributed by atoms with E-state index in [0.717, 1.165) is 19.3 Å². The van der Waals surface area contributed by atoms with Gasteiger partial charge in [-0.05, 0) is 48.9 Å². The molecule has 0 saturated heterocycles. The van der Waals surface area contributed by atoms with Gasteiger partial charge in [-0.1, -0.05) is 64.4 Å². The van der Waals surface area contributed by atoms with E-state index in [1.54, 1.807) is 55.6 Å². The number of esters is 1. The molecule has 0 saturated carbocycles. The van der Waals surface area contributed by atoms with Crippen LogP contribution in [0.4, 0.5) is 11.4 Å². The molecule has 2 aromatic rings. The van der Waals surface area contributed by atoms with Gasteiger partial charge in [0.2, 0.25) is 5.91 Å². The minimum atomic E-state index is -0.634. The van der Waals surface area contributed by atoms with Gasteiger partial charge in [-0.3, -0.25) is 9.59 Å². The van der Waals surface area contributed by atoms with Crippen LogP contribution in [-0.4, -0.2) is 31.5 Å². The fraction of sp³-hybridized carbons (Fsp3) is 0.464. The van der Waals surface area contributed by atoms with Crippen molar-refractivity contribution in [3.8, 4) is 5.75 Å². The van der Waals surface area contributed by atoms with Gasteiger partial charge in [0, 0.05) is 17.8 Å². The molecule has 0 aliphatic heterocycles. The molecule has 0 aliphatic rings. The topological polar surface area (TPSA) is 93.7 Å². The van der Waals surface area contributed by atoms with Gasteiger partial charge < -0.3 is 20.1 Å². The molecule has 2 rings (SSSR count). The monoisotopic (exact) mass is 482 g/mol. The molecule has 0 bridgehead atoms. The van der Waals surface area contributed by atoms with Gasteiger partial charge in [-0.2, -0.15) is 0 Å². The molecule has 0 radical (unpaired) electrons. The second-order valence-electron chi connectivity index (χ2n) is 8.56. The van der Waals surface area contributed by atoms with Crippen LogP contribution >= 0.6 is 0 Å². The van der Waals surface area contributed by atoms with Crippen molar-refractivity contribution < 1.29 is 23.9 Å². The highest BCUT2D eigenvalue weighted by Gasteiger charge is 2.12. The van der Waals surface area contributed by atoms with E-state index >= 15 is 0 Å². The van der Waals surface area contributed by atoms with E-state index in [4.69, 9.17) is 9.47 Å². The van der Waals surface area contributed by atoms with Crippen molar-refractivity contribution in [3.63, 3.8) is 0 Å². The van der Waals surface area contributed by atoms with Crippen LogP contribution in [0, 0.1) is 0 Å². The lowest BCUT2D eigenvalue weighted by molar-refractivity contribution is -0.119. The van der Waals surface area contributed by atoms with Gasteiger partial charge in [-0.25, -0.2) is 4.79 Å². The van der Waals surface area contributed by atoms with E-state index in [1.165, 1.54) is 38.5 Å². The van der Waals surface area contributed by atoms with Crippen LogP contribution in [0.3, 0.4) is 0 Å². The summed E-state index contributed by atoms with van der Waals surface area (Å²) in [5, 5.41) is 5.49. The molecule has 0 heterocycles. The molecule has 0 aliphatic carbocycles. The molecule has 0 atom stereocenters. The van der Waals surface area contributed by atoms with Crippen LogP contribution in [0.5, 0.6) is 5.75 Å². The number of rotatable bonds is 16. The Morgan fingerprint density at radius 2 is 1.37 bits per heavy atom. The molecule has 2 aromatic carbocycles. The number of ether oxygens (including phenoxy) is 2. The first-order chi connectivity index (χ1) is 17.0. The van der Waals surface area contributed by atoms with Crippen molar-refractivity contribution in [2.24, 2.45) is 0 Å². The van der Waals surface area contributed by atoms with Crippen molar-refractivity contribution >= 4 is 29.2 Å². The highest BCUT2D eigenvalue weighted by atomic mass is 16.5. The quantitative estimate of drug-likeness (QED) is 0.215. The van der Waals surface area contributed by atoms with Gasteiger partial charge in [0.15, 0.2) is 6.61 Å². The molecule has 2 amide bonds. The molecule has 0 spiro atoms. The van der Waals surface area contributed by atoms with E-state index in [1.807, 2.05) is 0 Å². The first-order valence-electron chi connectivity index (χ1n) is 12.5. The molecule has 0 unspecified atom stereocenters. The first kappa shape index (κ1) is 27.9. The molecule has 0 aromatic heterocycles. The maximum Gasteiger partial charge on any atom is 0.338 e. The smallest absolute Gasteiger partial charge is 0.338 e. The van der Waals surface area contributed by atoms with E-state index in [9.17, 15) is 14.4 Å². The van der Waals surface area contributed by atoms with Crippen LogP contribution in [0.2, 0.25) is 0 Å². The SMILES string of the molecule is CCCCCCCCCCCC(=O)Nc1cccc(C(=O)OCC(=O)Nc2ccc(OC)cc2)c1. The van der Waals surface area contributed by atoms with Gasteiger partial charge in [0.25, 0.3) is 5.91 Å². The van der Waals surface area contributed by atoms with Gasteiger partial charge >= 0.3 is 5.97 Å². The minimum Gasteiger partial charge on any atom is -0.497 e.